The van der Waals surface area contributed by atoms with Gasteiger partial charge in [-0.1, -0.05) is 18.7 Å². The molecule has 0 saturated carbocycles. The number of nitrogens with zero attached hydrogens (tertiary/aromatic N) is 1. The summed E-state index contributed by atoms with van der Waals surface area (Å²) in [6.45, 7) is 2.21. The molecule has 106 valence electrons. The lowest BCUT2D eigenvalue weighted by atomic mass is 9.89. The summed E-state index contributed by atoms with van der Waals surface area (Å²) in [5.74, 6) is -0.741. The number of aromatic nitrogens is 2. The van der Waals surface area contributed by atoms with E-state index in [-0.39, 0.29) is 11.3 Å². The summed E-state index contributed by atoms with van der Waals surface area (Å²) in [5, 5.41) is 11.5. The molecule has 0 fully saturated rings. The van der Waals surface area contributed by atoms with Crippen LogP contribution in [0.1, 0.15) is 23.8 Å². The summed E-state index contributed by atoms with van der Waals surface area (Å²) in [7, 11) is 0. The second kappa shape index (κ2) is 5.21. The lowest BCUT2D eigenvalue weighted by Crippen LogP contribution is -2.24. The Labute approximate surface area is 123 Å². The van der Waals surface area contributed by atoms with E-state index >= 15 is 0 Å². The number of nitrogens with one attached hydrogen (secondary N) is 1. The number of hydrogen-bond acceptors (Lipinski definition) is 6. The highest BCUT2D eigenvalue weighted by Crippen LogP contribution is 2.35. The van der Waals surface area contributed by atoms with Gasteiger partial charge in [0.1, 0.15) is 4.83 Å². The number of H-pyrrole nitrogens is 1. The lowest BCUT2D eigenvalue weighted by molar-refractivity contribution is -0.301. The molecular formula is C13H13N2O3S2-. The number of carboxylic acids is 1. The van der Waals surface area contributed by atoms with E-state index in [9.17, 15) is 14.7 Å². The quantitative estimate of drug-likeness (QED) is 0.674. The predicted octanol–water partition coefficient (Wildman–Crippen LogP) is 0.951. The van der Waals surface area contributed by atoms with E-state index in [2.05, 4.69) is 16.9 Å². The minimum Gasteiger partial charge on any atom is -0.549 e. The molecule has 5 nitrogen and oxygen atoms in total. The van der Waals surface area contributed by atoms with Gasteiger partial charge in [0.2, 0.25) is 0 Å². The van der Waals surface area contributed by atoms with E-state index in [1.165, 1.54) is 4.88 Å². The molecule has 3 rings (SSSR count). The molecule has 1 atom stereocenters. The molecule has 20 heavy (non-hydrogen) atoms. The van der Waals surface area contributed by atoms with Crippen molar-refractivity contribution in [3.8, 4) is 0 Å². The van der Waals surface area contributed by atoms with Gasteiger partial charge in [-0.2, -0.15) is 0 Å². The van der Waals surface area contributed by atoms with Crippen LogP contribution in [-0.2, 0) is 17.6 Å². The Morgan fingerprint density at radius 2 is 2.40 bits per heavy atom. The van der Waals surface area contributed by atoms with Crippen LogP contribution in [0, 0.1) is 5.92 Å². The standard InChI is InChI=1S/C13H14N2O3S2/c1-6-2-3-7-8(4-6)20-12-10(7)11(18)14-13(15-12)19-5-9(16)17/h6H,2-5H2,1H3,(H,16,17)(H,14,15,18)/p-1/t6-/m0/s1. The summed E-state index contributed by atoms with van der Waals surface area (Å²) in [6, 6.07) is 0. The molecule has 0 radical (unpaired) electrons. The zero-order valence-corrected chi connectivity index (χ0v) is 12.5. The Hall–Kier alpha value is -1.34. The number of aryl methyl sites for hydroxylation is 1. The van der Waals surface area contributed by atoms with Crippen molar-refractivity contribution in [2.24, 2.45) is 5.92 Å². The average molecular weight is 309 g/mol. The topological polar surface area (TPSA) is 85.9 Å². The van der Waals surface area contributed by atoms with Crippen molar-refractivity contribution in [1.29, 1.82) is 0 Å². The van der Waals surface area contributed by atoms with Crippen LogP contribution < -0.4 is 10.7 Å². The van der Waals surface area contributed by atoms with Crippen molar-refractivity contribution >= 4 is 39.3 Å². The Balaban J connectivity index is 2.05. The van der Waals surface area contributed by atoms with Gasteiger partial charge in [-0.15, -0.1) is 11.3 Å². The van der Waals surface area contributed by atoms with Crippen molar-refractivity contribution in [2.75, 3.05) is 5.75 Å². The monoisotopic (exact) mass is 309 g/mol. The van der Waals surface area contributed by atoms with Gasteiger partial charge in [0, 0.05) is 10.6 Å². The summed E-state index contributed by atoms with van der Waals surface area (Å²) >= 11 is 2.54. The molecule has 1 aliphatic carbocycles. The van der Waals surface area contributed by atoms with Crippen LogP contribution in [-0.4, -0.2) is 21.7 Å². The maximum atomic E-state index is 12.2. The van der Waals surface area contributed by atoms with Crippen LogP contribution in [0.5, 0.6) is 0 Å². The molecule has 0 spiro atoms. The van der Waals surface area contributed by atoms with Crippen molar-refractivity contribution in [3.05, 3.63) is 20.8 Å². The van der Waals surface area contributed by atoms with Gasteiger partial charge >= 0.3 is 0 Å². The van der Waals surface area contributed by atoms with Crippen molar-refractivity contribution in [3.63, 3.8) is 0 Å². The summed E-state index contributed by atoms with van der Waals surface area (Å²) in [6.07, 6.45) is 3.02. The number of fused-ring (bicyclic) bond motifs is 3. The van der Waals surface area contributed by atoms with Gasteiger partial charge in [0.25, 0.3) is 5.56 Å². The van der Waals surface area contributed by atoms with Crippen molar-refractivity contribution in [1.82, 2.24) is 9.97 Å². The number of carboxylic acid groups (broad SMARTS) is 1. The number of aromatic amines is 1. The zero-order chi connectivity index (χ0) is 14.3. The van der Waals surface area contributed by atoms with Crippen LogP contribution in [0.4, 0.5) is 0 Å². The second-order valence-corrected chi connectivity index (χ2v) is 7.11. The van der Waals surface area contributed by atoms with E-state index in [4.69, 9.17) is 0 Å². The number of thiophene rings is 1. The molecule has 0 unspecified atom stereocenters. The molecule has 0 amide bonds. The van der Waals surface area contributed by atoms with Crippen LogP contribution in [0.15, 0.2) is 9.95 Å². The highest BCUT2D eigenvalue weighted by atomic mass is 32.2. The van der Waals surface area contributed by atoms with Gasteiger partial charge in [-0.25, -0.2) is 4.98 Å². The van der Waals surface area contributed by atoms with E-state index in [1.807, 2.05) is 0 Å². The van der Waals surface area contributed by atoms with E-state index in [0.29, 0.717) is 21.3 Å². The number of rotatable bonds is 3. The van der Waals surface area contributed by atoms with Gasteiger partial charge in [0.05, 0.1) is 11.4 Å². The fourth-order valence-corrected chi connectivity index (χ4v) is 4.54. The first-order valence-electron chi connectivity index (χ1n) is 6.42. The first-order valence-corrected chi connectivity index (χ1v) is 8.22. The first-order chi connectivity index (χ1) is 9.54. The molecule has 1 aliphatic rings. The molecule has 0 aromatic carbocycles. The van der Waals surface area contributed by atoms with Gasteiger partial charge < -0.3 is 14.9 Å². The summed E-state index contributed by atoms with van der Waals surface area (Å²) < 4.78 is 0. The fraction of sp³-hybridized carbons (Fsp3) is 0.462. The molecule has 7 heteroatoms. The third-order valence-electron chi connectivity index (χ3n) is 3.47. The third kappa shape index (κ3) is 2.47. The van der Waals surface area contributed by atoms with Crippen LogP contribution in [0.25, 0.3) is 10.2 Å². The molecule has 2 heterocycles. The molecule has 0 saturated heterocycles. The highest BCUT2D eigenvalue weighted by Gasteiger charge is 2.22. The fourth-order valence-electron chi connectivity index (χ4n) is 2.52. The predicted molar refractivity (Wildman–Crippen MR) is 77.2 cm³/mol. The number of aliphatic carboxylic acids is 1. The van der Waals surface area contributed by atoms with E-state index in [1.54, 1.807) is 11.3 Å². The summed E-state index contributed by atoms with van der Waals surface area (Å²) in [5.41, 5.74) is 0.969. The second-order valence-electron chi connectivity index (χ2n) is 5.06. The van der Waals surface area contributed by atoms with Crippen LogP contribution in [0.3, 0.4) is 0 Å². The molecule has 1 N–H and O–H groups in total. The Morgan fingerprint density at radius 3 is 3.15 bits per heavy atom. The smallest absolute Gasteiger partial charge is 0.260 e. The van der Waals surface area contributed by atoms with Gasteiger partial charge in [-0.05, 0) is 30.7 Å². The number of carbonyl (C=O) groups is 1. The first kappa shape index (κ1) is 13.6. The van der Waals surface area contributed by atoms with E-state index < -0.39 is 5.97 Å². The number of carbonyl (C=O) groups excluding carboxylic acids is 1. The maximum Gasteiger partial charge on any atom is 0.260 e. The number of thioether (sulfide) groups is 1. The van der Waals surface area contributed by atoms with Gasteiger partial charge in [0.15, 0.2) is 5.16 Å². The normalized spacial score (nSPS) is 18.1. The van der Waals surface area contributed by atoms with E-state index in [0.717, 1.165) is 36.6 Å². The lowest BCUT2D eigenvalue weighted by Gasteiger charge is -2.17. The zero-order valence-electron chi connectivity index (χ0n) is 10.9. The Bertz CT molecular complexity index is 735. The molecule has 2 aromatic heterocycles. The van der Waals surface area contributed by atoms with Crippen LogP contribution >= 0.6 is 23.1 Å². The minimum atomic E-state index is -1.17. The molecule has 2 aromatic rings. The Morgan fingerprint density at radius 1 is 1.60 bits per heavy atom. The van der Waals surface area contributed by atoms with Crippen molar-refractivity contribution < 1.29 is 9.90 Å². The largest absolute Gasteiger partial charge is 0.549 e. The van der Waals surface area contributed by atoms with Crippen LogP contribution in [0.2, 0.25) is 0 Å². The maximum absolute atomic E-state index is 12.2. The minimum absolute atomic E-state index is 0.164. The molecule has 0 bridgehead atoms. The SMILES string of the molecule is C[C@H]1CCc2c(sc3nc(SCC(=O)[O-])[nH]c(=O)c23)C1. The highest BCUT2D eigenvalue weighted by molar-refractivity contribution is 7.99. The average Bonchev–Trinajstić information content (AvgIpc) is 2.73. The van der Waals surface area contributed by atoms with Crippen molar-refractivity contribution in [2.45, 2.75) is 31.3 Å². The summed E-state index contributed by atoms with van der Waals surface area (Å²) in [4.78, 5) is 31.7. The third-order valence-corrected chi connectivity index (χ3v) is 5.47. The van der Waals surface area contributed by atoms with Gasteiger partial charge in [-0.3, -0.25) is 4.79 Å². The molecular weight excluding hydrogens is 296 g/mol. The Kier molecular flexibility index (Phi) is 3.55. The number of hydrogen-bond donors (Lipinski definition) is 1. The molecule has 0 aliphatic heterocycles.